The molecule has 3 nitrogen and oxygen atoms in total. The summed E-state index contributed by atoms with van der Waals surface area (Å²) in [5.41, 5.74) is 1.69. The second-order valence-electron chi connectivity index (χ2n) is 6.43. The predicted molar refractivity (Wildman–Crippen MR) is 110 cm³/mol. The van der Waals surface area contributed by atoms with Gasteiger partial charge in [0.15, 0.2) is 0 Å². The lowest BCUT2D eigenvalue weighted by atomic mass is 10.1. The normalized spacial score (nSPS) is 10.9. The van der Waals surface area contributed by atoms with Crippen molar-refractivity contribution in [2.24, 2.45) is 10.2 Å². The molecular formula is C23H30N2O. The zero-order chi connectivity index (χ0) is 18.3. The zero-order valence-electron chi connectivity index (χ0n) is 15.6. The summed E-state index contributed by atoms with van der Waals surface area (Å²) >= 11 is 0. The van der Waals surface area contributed by atoms with Crippen molar-refractivity contribution in [3.8, 4) is 5.75 Å². The van der Waals surface area contributed by atoms with Crippen molar-refractivity contribution >= 4 is 11.4 Å². The van der Waals surface area contributed by atoms with E-state index in [-0.39, 0.29) is 0 Å². The van der Waals surface area contributed by atoms with Gasteiger partial charge in [-0.05, 0) is 55.7 Å². The highest BCUT2D eigenvalue weighted by Crippen LogP contribution is 2.21. The summed E-state index contributed by atoms with van der Waals surface area (Å²) in [6, 6.07) is 17.5. The van der Waals surface area contributed by atoms with Crippen LogP contribution in [0.5, 0.6) is 5.75 Å². The van der Waals surface area contributed by atoms with Crippen LogP contribution in [0.15, 0.2) is 77.5 Å². The van der Waals surface area contributed by atoms with Crippen LogP contribution in [-0.4, -0.2) is 6.61 Å². The molecule has 0 aliphatic heterocycles. The standard InChI is InChI=1S/C23H30N2O/c1-2-3-4-5-6-7-8-9-13-20-26-23-18-16-22(17-19-23)25-24-21-14-11-10-12-15-21/h2,10-12,14-19H,1,3-9,13,20H2. The van der Waals surface area contributed by atoms with Gasteiger partial charge < -0.3 is 4.74 Å². The molecule has 26 heavy (non-hydrogen) atoms. The first kappa shape index (κ1) is 19.9. The number of hydrogen-bond donors (Lipinski definition) is 0. The summed E-state index contributed by atoms with van der Waals surface area (Å²) in [5.74, 6) is 0.896. The van der Waals surface area contributed by atoms with E-state index in [4.69, 9.17) is 4.74 Å². The molecule has 2 aromatic rings. The quantitative estimate of drug-likeness (QED) is 0.206. The van der Waals surface area contributed by atoms with Crippen LogP contribution in [0.2, 0.25) is 0 Å². The Kier molecular flexibility index (Phi) is 9.85. The topological polar surface area (TPSA) is 34.0 Å². The van der Waals surface area contributed by atoms with Crippen LogP contribution in [-0.2, 0) is 0 Å². The average Bonchev–Trinajstić information content (AvgIpc) is 2.69. The van der Waals surface area contributed by atoms with Gasteiger partial charge in [0.2, 0.25) is 0 Å². The summed E-state index contributed by atoms with van der Waals surface area (Å²) in [5, 5.41) is 8.45. The number of azo groups is 1. The highest BCUT2D eigenvalue weighted by molar-refractivity contribution is 5.42. The maximum atomic E-state index is 5.80. The molecule has 138 valence electrons. The number of hydrogen-bond acceptors (Lipinski definition) is 3. The van der Waals surface area contributed by atoms with Gasteiger partial charge >= 0.3 is 0 Å². The Balaban J connectivity index is 1.56. The molecule has 0 radical (unpaired) electrons. The Morgan fingerprint density at radius 3 is 1.92 bits per heavy atom. The maximum absolute atomic E-state index is 5.80. The first-order chi connectivity index (χ1) is 12.9. The van der Waals surface area contributed by atoms with Crippen molar-refractivity contribution in [2.45, 2.75) is 51.4 Å². The van der Waals surface area contributed by atoms with Crippen LogP contribution in [0, 0.1) is 0 Å². The number of rotatable bonds is 13. The fraction of sp³-hybridized carbons (Fsp3) is 0.391. The molecule has 0 atom stereocenters. The minimum absolute atomic E-state index is 0.779. The second kappa shape index (κ2) is 12.9. The van der Waals surface area contributed by atoms with E-state index < -0.39 is 0 Å². The van der Waals surface area contributed by atoms with E-state index in [0.29, 0.717) is 0 Å². The average molecular weight is 351 g/mol. The molecule has 0 unspecified atom stereocenters. The smallest absolute Gasteiger partial charge is 0.119 e. The van der Waals surface area contributed by atoms with Gasteiger partial charge in [-0.1, -0.05) is 56.4 Å². The maximum Gasteiger partial charge on any atom is 0.119 e. The predicted octanol–water partition coefficient (Wildman–Crippen LogP) is 7.79. The van der Waals surface area contributed by atoms with Gasteiger partial charge in [0, 0.05) is 0 Å². The molecule has 0 amide bonds. The van der Waals surface area contributed by atoms with Gasteiger partial charge in [-0.3, -0.25) is 0 Å². The third kappa shape index (κ3) is 8.61. The van der Waals surface area contributed by atoms with Gasteiger partial charge in [0.05, 0.1) is 18.0 Å². The van der Waals surface area contributed by atoms with E-state index in [9.17, 15) is 0 Å². The highest BCUT2D eigenvalue weighted by atomic mass is 16.5. The molecule has 2 aromatic carbocycles. The van der Waals surface area contributed by atoms with Crippen molar-refractivity contribution in [1.82, 2.24) is 0 Å². The van der Waals surface area contributed by atoms with Gasteiger partial charge in [-0.2, -0.15) is 10.2 Å². The van der Waals surface area contributed by atoms with Crippen molar-refractivity contribution in [3.63, 3.8) is 0 Å². The molecule has 0 aromatic heterocycles. The molecule has 0 heterocycles. The third-order valence-electron chi connectivity index (χ3n) is 4.20. The molecule has 0 aliphatic carbocycles. The fourth-order valence-corrected chi connectivity index (χ4v) is 2.68. The Morgan fingerprint density at radius 2 is 1.27 bits per heavy atom. The first-order valence-electron chi connectivity index (χ1n) is 9.69. The number of unbranched alkanes of at least 4 members (excludes halogenated alkanes) is 7. The van der Waals surface area contributed by atoms with Crippen molar-refractivity contribution in [2.75, 3.05) is 6.61 Å². The Labute approximate surface area is 157 Å². The molecule has 0 saturated carbocycles. The molecule has 0 N–H and O–H groups in total. The number of ether oxygens (including phenoxy) is 1. The van der Waals surface area contributed by atoms with Crippen molar-refractivity contribution < 1.29 is 4.74 Å². The summed E-state index contributed by atoms with van der Waals surface area (Å²) in [4.78, 5) is 0. The van der Waals surface area contributed by atoms with Crippen LogP contribution < -0.4 is 4.74 Å². The SMILES string of the molecule is C=CCCCCCCCCCOc1ccc(N=Nc2ccccc2)cc1. The van der Waals surface area contributed by atoms with Crippen LogP contribution in [0.4, 0.5) is 11.4 Å². The van der Waals surface area contributed by atoms with Gasteiger partial charge in [0.25, 0.3) is 0 Å². The third-order valence-corrected chi connectivity index (χ3v) is 4.20. The van der Waals surface area contributed by atoms with Crippen LogP contribution in [0.3, 0.4) is 0 Å². The van der Waals surface area contributed by atoms with E-state index in [2.05, 4.69) is 16.8 Å². The van der Waals surface area contributed by atoms with E-state index >= 15 is 0 Å². The van der Waals surface area contributed by atoms with Gasteiger partial charge in [-0.25, -0.2) is 0 Å². The monoisotopic (exact) mass is 350 g/mol. The molecule has 0 bridgehead atoms. The Hall–Kier alpha value is -2.42. The summed E-state index contributed by atoms with van der Waals surface area (Å²) < 4.78 is 5.80. The summed E-state index contributed by atoms with van der Waals surface area (Å²) in [7, 11) is 0. The van der Waals surface area contributed by atoms with E-state index in [1.54, 1.807) is 0 Å². The van der Waals surface area contributed by atoms with Gasteiger partial charge in [0.1, 0.15) is 5.75 Å². The van der Waals surface area contributed by atoms with Crippen LogP contribution in [0.25, 0.3) is 0 Å². The Morgan fingerprint density at radius 1 is 0.692 bits per heavy atom. The minimum atomic E-state index is 0.779. The van der Waals surface area contributed by atoms with Crippen LogP contribution in [0.1, 0.15) is 51.4 Å². The molecule has 0 aliphatic rings. The molecular weight excluding hydrogens is 320 g/mol. The summed E-state index contributed by atoms with van der Waals surface area (Å²) in [6.07, 6.45) is 12.1. The molecule has 2 rings (SSSR count). The molecule has 0 fully saturated rings. The lowest BCUT2D eigenvalue weighted by molar-refractivity contribution is 0.304. The van der Waals surface area contributed by atoms with E-state index in [1.165, 1.54) is 38.5 Å². The number of nitrogens with zero attached hydrogens (tertiary/aromatic N) is 2. The lowest BCUT2D eigenvalue weighted by Gasteiger charge is -2.06. The number of allylic oxidation sites excluding steroid dienone is 1. The Bertz CT molecular complexity index is 635. The molecule has 3 heteroatoms. The largest absolute Gasteiger partial charge is 0.494 e. The lowest BCUT2D eigenvalue weighted by Crippen LogP contribution is -1.96. The van der Waals surface area contributed by atoms with Crippen molar-refractivity contribution in [3.05, 3.63) is 67.3 Å². The minimum Gasteiger partial charge on any atom is -0.494 e. The van der Waals surface area contributed by atoms with E-state index in [1.807, 2.05) is 60.7 Å². The number of benzene rings is 2. The summed E-state index contributed by atoms with van der Waals surface area (Å²) in [6.45, 7) is 4.54. The second-order valence-corrected chi connectivity index (χ2v) is 6.43. The zero-order valence-corrected chi connectivity index (χ0v) is 15.6. The van der Waals surface area contributed by atoms with Crippen LogP contribution >= 0.6 is 0 Å². The molecule has 0 spiro atoms. The van der Waals surface area contributed by atoms with E-state index in [0.717, 1.165) is 36.6 Å². The molecule has 0 saturated heterocycles. The van der Waals surface area contributed by atoms with Gasteiger partial charge in [-0.15, -0.1) is 6.58 Å². The van der Waals surface area contributed by atoms with Crippen molar-refractivity contribution in [1.29, 1.82) is 0 Å². The fourth-order valence-electron chi connectivity index (χ4n) is 2.68. The first-order valence-corrected chi connectivity index (χ1v) is 9.69. The highest BCUT2D eigenvalue weighted by Gasteiger charge is 1.96.